The van der Waals surface area contributed by atoms with Gasteiger partial charge in [-0.15, -0.1) is 0 Å². The molecule has 0 amide bonds. The lowest BCUT2D eigenvalue weighted by molar-refractivity contribution is -0.00734. The third-order valence-corrected chi connectivity index (χ3v) is 4.14. The number of piperidine rings is 1. The van der Waals surface area contributed by atoms with E-state index >= 15 is 0 Å². The van der Waals surface area contributed by atoms with Crippen LogP contribution in [0.25, 0.3) is 0 Å². The van der Waals surface area contributed by atoms with E-state index in [0.29, 0.717) is 0 Å². The fourth-order valence-corrected chi connectivity index (χ4v) is 2.65. The Morgan fingerprint density at radius 2 is 2.06 bits per heavy atom. The number of rotatable bonds is 2. The van der Waals surface area contributed by atoms with E-state index in [2.05, 4.69) is 26.9 Å². The quantitative estimate of drug-likeness (QED) is 0.824. The maximum atomic E-state index is 9.90. The molecule has 0 aliphatic carbocycles. The normalized spacial score (nSPS) is 20.4. The summed E-state index contributed by atoms with van der Waals surface area (Å²) in [6, 6.07) is 5.93. The van der Waals surface area contributed by atoms with Gasteiger partial charge in [-0.3, -0.25) is 4.90 Å². The van der Waals surface area contributed by atoms with E-state index in [1.807, 2.05) is 19.1 Å². The monoisotopic (exact) mass is 298 g/mol. The molecule has 0 atom stereocenters. The molecule has 0 unspecified atom stereocenters. The molecule has 1 aliphatic heterocycles. The highest BCUT2D eigenvalue weighted by Gasteiger charge is 2.27. The molecule has 1 aromatic rings. The lowest BCUT2D eigenvalue weighted by Crippen LogP contribution is -2.41. The SMILES string of the molecule is CC1(O)CCN(Cc2ccc(N)cc2Br)CC1. The number of anilines is 1. The van der Waals surface area contributed by atoms with Crippen molar-refractivity contribution >= 4 is 21.6 Å². The molecule has 1 saturated heterocycles. The van der Waals surface area contributed by atoms with Gasteiger partial charge in [0.25, 0.3) is 0 Å². The number of halogens is 1. The molecule has 0 bridgehead atoms. The van der Waals surface area contributed by atoms with Crippen LogP contribution < -0.4 is 5.73 Å². The van der Waals surface area contributed by atoms with Gasteiger partial charge in [-0.2, -0.15) is 0 Å². The van der Waals surface area contributed by atoms with E-state index in [1.165, 1.54) is 5.56 Å². The third-order valence-electron chi connectivity index (χ3n) is 3.40. The van der Waals surface area contributed by atoms with E-state index in [-0.39, 0.29) is 0 Å². The summed E-state index contributed by atoms with van der Waals surface area (Å²) in [7, 11) is 0. The molecule has 1 aliphatic rings. The van der Waals surface area contributed by atoms with Crippen molar-refractivity contribution in [3.05, 3.63) is 28.2 Å². The molecule has 3 N–H and O–H groups in total. The number of nitrogens with two attached hydrogens (primary N) is 1. The zero-order valence-corrected chi connectivity index (χ0v) is 11.7. The number of aliphatic hydroxyl groups is 1. The summed E-state index contributed by atoms with van der Waals surface area (Å²) in [5.41, 5.74) is 7.27. The van der Waals surface area contributed by atoms with Crippen molar-refractivity contribution in [2.24, 2.45) is 0 Å². The van der Waals surface area contributed by atoms with Crippen molar-refractivity contribution < 1.29 is 5.11 Å². The van der Waals surface area contributed by atoms with E-state index in [1.54, 1.807) is 0 Å². The largest absolute Gasteiger partial charge is 0.399 e. The minimum atomic E-state index is -0.477. The highest BCUT2D eigenvalue weighted by molar-refractivity contribution is 9.10. The molecule has 17 heavy (non-hydrogen) atoms. The summed E-state index contributed by atoms with van der Waals surface area (Å²) in [5.74, 6) is 0. The number of hydrogen-bond donors (Lipinski definition) is 2. The second kappa shape index (κ2) is 4.96. The van der Waals surface area contributed by atoms with Crippen molar-refractivity contribution in [1.29, 1.82) is 0 Å². The summed E-state index contributed by atoms with van der Waals surface area (Å²) >= 11 is 3.54. The van der Waals surface area contributed by atoms with Crippen LogP contribution in [-0.4, -0.2) is 28.7 Å². The molecule has 1 aromatic carbocycles. The smallest absolute Gasteiger partial charge is 0.0644 e. The third kappa shape index (κ3) is 3.44. The minimum absolute atomic E-state index is 0.477. The first-order valence-electron chi connectivity index (χ1n) is 5.95. The second-order valence-corrected chi connectivity index (χ2v) is 5.98. The number of hydrogen-bond acceptors (Lipinski definition) is 3. The molecule has 3 nitrogen and oxygen atoms in total. The van der Waals surface area contributed by atoms with Gasteiger partial charge in [0.1, 0.15) is 0 Å². The van der Waals surface area contributed by atoms with Gasteiger partial charge in [0.15, 0.2) is 0 Å². The zero-order chi connectivity index (χ0) is 12.5. The van der Waals surface area contributed by atoms with E-state index in [0.717, 1.165) is 42.6 Å². The summed E-state index contributed by atoms with van der Waals surface area (Å²) in [5, 5.41) is 9.90. The molecule has 1 heterocycles. The van der Waals surface area contributed by atoms with Crippen molar-refractivity contribution in [1.82, 2.24) is 4.90 Å². The van der Waals surface area contributed by atoms with E-state index in [4.69, 9.17) is 5.73 Å². The predicted molar refractivity (Wildman–Crippen MR) is 73.7 cm³/mol. The predicted octanol–water partition coefficient (Wildman–Crippen LogP) is 2.38. The van der Waals surface area contributed by atoms with Crippen LogP contribution in [0, 0.1) is 0 Å². The van der Waals surface area contributed by atoms with Crippen LogP contribution in [0.4, 0.5) is 5.69 Å². The number of likely N-dealkylation sites (tertiary alicyclic amines) is 1. The molecule has 1 fully saturated rings. The van der Waals surface area contributed by atoms with E-state index < -0.39 is 5.60 Å². The first-order chi connectivity index (χ1) is 7.96. The van der Waals surface area contributed by atoms with Crippen LogP contribution >= 0.6 is 15.9 Å². The second-order valence-electron chi connectivity index (χ2n) is 5.12. The van der Waals surface area contributed by atoms with Gasteiger partial charge in [-0.1, -0.05) is 22.0 Å². The average Bonchev–Trinajstić information content (AvgIpc) is 2.25. The van der Waals surface area contributed by atoms with Gasteiger partial charge >= 0.3 is 0 Å². The van der Waals surface area contributed by atoms with Gasteiger partial charge < -0.3 is 10.8 Å². The van der Waals surface area contributed by atoms with Crippen LogP contribution in [0.3, 0.4) is 0 Å². The topological polar surface area (TPSA) is 49.5 Å². The van der Waals surface area contributed by atoms with Crippen LogP contribution in [0.15, 0.2) is 22.7 Å². The molecule has 94 valence electrons. The summed E-state index contributed by atoms with van der Waals surface area (Å²) < 4.78 is 1.06. The molecule has 0 spiro atoms. The molecule has 0 saturated carbocycles. The fourth-order valence-electron chi connectivity index (χ4n) is 2.13. The number of benzene rings is 1. The Morgan fingerprint density at radius 3 is 2.65 bits per heavy atom. The Kier molecular flexibility index (Phi) is 3.76. The Balaban J connectivity index is 1.98. The van der Waals surface area contributed by atoms with Crippen molar-refractivity contribution in [2.45, 2.75) is 31.9 Å². The fraction of sp³-hybridized carbons (Fsp3) is 0.538. The van der Waals surface area contributed by atoms with Crippen LogP contribution in [0.1, 0.15) is 25.3 Å². The van der Waals surface area contributed by atoms with Gasteiger partial charge in [-0.25, -0.2) is 0 Å². The lowest BCUT2D eigenvalue weighted by Gasteiger charge is -2.35. The molecule has 0 radical (unpaired) electrons. The number of nitrogen functional groups attached to an aromatic ring is 1. The standard InChI is InChI=1S/C13H19BrN2O/c1-13(17)4-6-16(7-5-13)9-10-2-3-11(15)8-12(10)14/h2-3,8,17H,4-7,9,15H2,1H3. The van der Waals surface area contributed by atoms with Gasteiger partial charge in [-0.05, 0) is 37.5 Å². The summed E-state index contributed by atoms with van der Waals surface area (Å²) in [6.45, 7) is 4.73. The highest BCUT2D eigenvalue weighted by atomic mass is 79.9. The lowest BCUT2D eigenvalue weighted by atomic mass is 9.93. The zero-order valence-electron chi connectivity index (χ0n) is 10.1. The maximum Gasteiger partial charge on any atom is 0.0644 e. The molecular weight excluding hydrogens is 280 g/mol. The van der Waals surface area contributed by atoms with Crippen LogP contribution in [0.2, 0.25) is 0 Å². The Hall–Kier alpha value is -0.580. The Labute approximate surface area is 111 Å². The van der Waals surface area contributed by atoms with Crippen LogP contribution in [0.5, 0.6) is 0 Å². The average molecular weight is 299 g/mol. The molecule has 4 heteroatoms. The van der Waals surface area contributed by atoms with Crippen molar-refractivity contribution in [3.8, 4) is 0 Å². The number of nitrogens with zero attached hydrogens (tertiary/aromatic N) is 1. The van der Waals surface area contributed by atoms with Gasteiger partial charge in [0.2, 0.25) is 0 Å². The maximum absolute atomic E-state index is 9.90. The molecular formula is C13H19BrN2O. The Bertz CT molecular complexity index is 396. The molecule has 2 rings (SSSR count). The first-order valence-corrected chi connectivity index (χ1v) is 6.74. The Morgan fingerprint density at radius 1 is 1.41 bits per heavy atom. The summed E-state index contributed by atoms with van der Waals surface area (Å²) in [4.78, 5) is 2.37. The van der Waals surface area contributed by atoms with Crippen molar-refractivity contribution in [2.75, 3.05) is 18.8 Å². The molecule has 0 aromatic heterocycles. The highest BCUT2D eigenvalue weighted by Crippen LogP contribution is 2.25. The minimum Gasteiger partial charge on any atom is -0.399 e. The van der Waals surface area contributed by atoms with Crippen molar-refractivity contribution in [3.63, 3.8) is 0 Å². The first kappa shape index (κ1) is 12.9. The van der Waals surface area contributed by atoms with Crippen LogP contribution in [-0.2, 0) is 6.54 Å². The van der Waals surface area contributed by atoms with Gasteiger partial charge in [0.05, 0.1) is 5.60 Å². The van der Waals surface area contributed by atoms with E-state index in [9.17, 15) is 5.11 Å². The summed E-state index contributed by atoms with van der Waals surface area (Å²) in [6.07, 6.45) is 1.69. The van der Waals surface area contributed by atoms with Gasteiger partial charge in [0, 0.05) is 29.8 Å².